The average Bonchev–Trinajstić information content (AvgIpc) is 3.74. The number of hydrogen-bond acceptors (Lipinski definition) is 8. The fourth-order valence-electron chi connectivity index (χ4n) is 6.61. The minimum Gasteiger partial charge on any atom is -0.497 e. The van der Waals surface area contributed by atoms with Crippen LogP contribution in [0.3, 0.4) is 0 Å². The lowest BCUT2D eigenvalue weighted by atomic mass is 9.85. The summed E-state index contributed by atoms with van der Waals surface area (Å²) in [7, 11) is 1.59. The van der Waals surface area contributed by atoms with Gasteiger partial charge in [-0.3, -0.25) is 4.79 Å². The third-order valence-corrected chi connectivity index (χ3v) is 9.18. The van der Waals surface area contributed by atoms with Crippen molar-refractivity contribution in [1.29, 1.82) is 0 Å². The van der Waals surface area contributed by atoms with Gasteiger partial charge in [0.2, 0.25) is 11.8 Å². The van der Waals surface area contributed by atoms with Gasteiger partial charge >= 0.3 is 12.1 Å². The molecule has 3 fully saturated rings. The molecule has 2 bridgehead atoms. The number of aryl methyl sites for hydroxylation is 1. The number of carbonyl (C=O) groups excluding carboxylic acids is 2. The van der Waals surface area contributed by atoms with Crippen LogP contribution in [0.2, 0.25) is 0 Å². The predicted molar refractivity (Wildman–Crippen MR) is 148 cm³/mol. The standard InChI is InChI=1S/C30H38N4O7/c1-29(2,3)24-26(35)34-15-18(12-22(34)27(36)37)40-25-20(31-19-10-9-17(39-4)11-21(19)32-25)8-6-5-7-16-13-30(16)14-23(30)41-28(38)33-24/h9-11,16,18,22-24H,5-8,12-15H2,1-4H3,(H,33,38)(H,36,37)/t16-,18-,22+,23-,24-,30?/m1/s1. The average molecular weight is 567 g/mol. The largest absolute Gasteiger partial charge is 0.497 e. The number of aromatic nitrogens is 2. The second kappa shape index (κ2) is 10.0. The van der Waals surface area contributed by atoms with Gasteiger partial charge in [-0.25, -0.2) is 19.6 Å². The third kappa shape index (κ3) is 5.26. The van der Waals surface area contributed by atoms with Crippen molar-refractivity contribution in [3.8, 4) is 11.6 Å². The van der Waals surface area contributed by atoms with Crippen molar-refractivity contribution >= 4 is 29.0 Å². The smallest absolute Gasteiger partial charge is 0.408 e. The maximum absolute atomic E-state index is 13.9. The molecule has 11 nitrogen and oxygen atoms in total. The number of nitrogens with one attached hydrogen (secondary N) is 1. The molecule has 220 valence electrons. The van der Waals surface area contributed by atoms with Crippen molar-refractivity contribution in [2.24, 2.45) is 16.7 Å². The normalized spacial score (nSPS) is 31.8. The van der Waals surface area contributed by atoms with Gasteiger partial charge in [-0.15, -0.1) is 0 Å². The van der Waals surface area contributed by atoms with Gasteiger partial charge in [-0.1, -0.05) is 27.2 Å². The number of benzene rings is 1. The van der Waals surface area contributed by atoms with Crippen molar-refractivity contribution in [2.75, 3.05) is 13.7 Å². The van der Waals surface area contributed by atoms with Crippen molar-refractivity contribution in [3.05, 3.63) is 23.9 Å². The van der Waals surface area contributed by atoms with Gasteiger partial charge < -0.3 is 29.5 Å². The van der Waals surface area contributed by atoms with E-state index in [1.165, 1.54) is 4.90 Å². The summed E-state index contributed by atoms with van der Waals surface area (Å²) in [6, 6.07) is 3.43. The first-order valence-electron chi connectivity index (χ1n) is 14.5. The maximum atomic E-state index is 13.9. The summed E-state index contributed by atoms with van der Waals surface area (Å²) in [5, 5.41) is 12.8. The van der Waals surface area contributed by atoms with Crippen molar-refractivity contribution in [1.82, 2.24) is 20.2 Å². The number of carboxylic acid groups (broad SMARTS) is 1. The molecule has 1 aromatic carbocycles. The molecular weight excluding hydrogens is 528 g/mol. The van der Waals surface area contributed by atoms with E-state index < -0.39 is 41.6 Å². The molecule has 4 aliphatic rings. The van der Waals surface area contributed by atoms with Crippen LogP contribution < -0.4 is 14.8 Å². The van der Waals surface area contributed by atoms with Crippen LogP contribution in [-0.2, 0) is 20.7 Å². The minimum atomic E-state index is -1.13. The highest BCUT2D eigenvalue weighted by Crippen LogP contribution is 2.73. The molecule has 1 aromatic heterocycles. The Morgan fingerprint density at radius 3 is 2.68 bits per heavy atom. The summed E-state index contributed by atoms with van der Waals surface area (Å²) in [6.07, 6.45) is 4.24. The van der Waals surface area contributed by atoms with Gasteiger partial charge in [0.1, 0.15) is 35.7 Å². The van der Waals surface area contributed by atoms with Crippen LogP contribution in [0.5, 0.6) is 11.6 Å². The van der Waals surface area contributed by atoms with E-state index in [4.69, 9.17) is 24.2 Å². The number of nitrogens with zero attached hydrogens (tertiary/aromatic N) is 3. The number of carboxylic acids is 1. The lowest BCUT2D eigenvalue weighted by Crippen LogP contribution is -2.57. The zero-order chi connectivity index (χ0) is 29.1. The molecule has 2 N–H and O–H groups in total. The quantitative estimate of drug-likeness (QED) is 0.557. The van der Waals surface area contributed by atoms with Crippen molar-refractivity contribution in [3.63, 3.8) is 0 Å². The number of ether oxygens (including phenoxy) is 3. The Bertz CT molecular complexity index is 1390. The van der Waals surface area contributed by atoms with Crippen LogP contribution in [-0.4, -0.2) is 75.9 Å². The first-order valence-corrected chi connectivity index (χ1v) is 14.5. The number of methoxy groups -OCH3 is 1. The molecule has 1 spiro atoms. The van der Waals surface area contributed by atoms with E-state index in [0.29, 0.717) is 29.5 Å². The Kier molecular flexibility index (Phi) is 6.73. The summed E-state index contributed by atoms with van der Waals surface area (Å²) >= 11 is 0. The Morgan fingerprint density at radius 2 is 1.95 bits per heavy atom. The second-order valence-electron chi connectivity index (χ2n) is 13.1. The number of carbonyl (C=O) groups is 3. The number of amides is 2. The Balaban J connectivity index is 1.33. The monoisotopic (exact) mass is 566 g/mol. The summed E-state index contributed by atoms with van der Waals surface area (Å²) in [4.78, 5) is 50.0. The highest BCUT2D eigenvalue weighted by molar-refractivity contribution is 5.90. The van der Waals surface area contributed by atoms with Crippen molar-refractivity contribution < 1.29 is 33.7 Å². The highest BCUT2D eigenvalue weighted by atomic mass is 16.6. The van der Waals surface area contributed by atoms with Crippen LogP contribution in [0.1, 0.15) is 65.0 Å². The van der Waals surface area contributed by atoms with E-state index in [1.807, 2.05) is 32.9 Å². The molecule has 6 rings (SSSR count). The van der Waals surface area contributed by atoms with Crippen molar-refractivity contribution in [2.45, 2.75) is 90.0 Å². The van der Waals surface area contributed by atoms with E-state index in [9.17, 15) is 19.5 Å². The maximum Gasteiger partial charge on any atom is 0.408 e. The van der Waals surface area contributed by atoms with Gasteiger partial charge in [0.15, 0.2) is 0 Å². The van der Waals surface area contributed by atoms with E-state index in [-0.39, 0.29) is 24.5 Å². The first kappa shape index (κ1) is 27.5. The van der Waals surface area contributed by atoms with Gasteiger partial charge in [-0.2, -0.15) is 0 Å². The SMILES string of the molecule is COc1ccc2nc3c(nc2c1)O[C@@H]1C[C@@H](C(=O)O)N(C1)C(=O)[C@H](C(C)(C)C)NC(=O)O[C@@H]1CC12C[C@H]2CCCC3. The fraction of sp³-hybridized carbons (Fsp3) is 0.633. The van der Waals surface area contributed by atoms with Crippen LogP contribution >= 0.6 is 0 Å². The second-order valence-corrected chi connectivity index (χ2v) is 13.1. The molecule has 41 heavy (non-hydrogen) atoms. The lowest BCUT2D eigenvalue weighted by molar-refractivity contribution is -0.150. The fourth-order valence-corrected chi connectivity index (χ4v) is 6.61. The Hall–Kier alpha value is -3.63. The minimum absolute atomic E-state index is 0.0454. The molecule has 1 saturated heterocycles. The van der Waals surface area contributed by atoms with Crippen LogP contribution in [0, 0.1) is 16.7 Å². The molecule has 3 heterocycles. The first-order chi connectivity index (χ1) is 19.5. The van der Waals surface area contributed by atoms with E-state index in [0.717, 1.165) is 43.3 Å². The summed E-state index contributed by atoms with van der Waals surface area (Å²) < 4.78 is 17.5. The van der Waals surface area contributed by atoms with Crippen LogP contribution in [0.15, 0.2) is 18.2 Å². The Morgan fingerprint density at radius 1 is 1.15 bits per heavy atom. The lowest BCUT2D eigenvalue weighted by Gasteiger charge is -2.34. The van der Waals surface area contributed by atoms with Crippen LogP contribution in [0.4, 0.5) is 4.79 Å². The topological polar surface area (TPSA) is 140 Å². The van der Waals surface area contributed by atoms with E-state index in [1.54, 1.807) is 13.2 Å². The summed E-state index contributed by atoms with van der Waals surface area (Å²) in [5.74, 6) is -0.0670. The zero-order valence-corrected chi connectivity index (χ0v) is 24.0. The van der Waals surface area contributed by atoms with Gasteiger partial charge in [0.05, 0.1) is 24.7 Å². The molecule has 6 atom stereocenters. The number of aliphatic carboxylic acids is 1. The molecule has 2 aliphatic heterocycles. The number of fused-ring (bicyclic) bond motifs is 4. The molecule has 1 unspecified atom stereocenters. The highest BCUT2D eigenvalue weighted by Gasteiger charge is 2.72. The Labute approximate surface area is 238 Å². The third-order valence-electron chi connectivity index (χ3n) is 9.18. The summed E-state index contributed by atoms with van der Waals surface area (Å²) in [6.45, 7) is 5.55. The molecule has 2 amide bonds. The number of hydrogen-bond donors (Lipinski definition) is 2. The van der Waals surface area contributed by atoms with Gasteiger partial charge in [-0.05, 0) is 55.6 Å². The molecule has 0 radical (unpaired) electrons. The molecule has 2 saturated carbocycles. The molecule has 2 aliphatic carbocycles. The zero-order valence-electron chi connectivity index (χ0n) is 24.0. The molecule has 11 heteroatoms. The molecular formula is C30H38N4O7. The van der Waals surface area contributed by atoms with Gasteiger partial charge in [0.25, 0.3) is 0 Å². The van der Waals surface area contributed by atoms with E-state index in [2.05, 4.69) is 5.32 Å². The number of rotatable bonds is 2. The summed E-state index contributed by atoms with van der Waals surface area (Å²) in [5.41, 5.74) is 1.46. The number of alkyl carbamates (subject to hydrolysis) is 1. The van der Waals surface area contributed by atoms with E-state index >= 15 is 0 Å². The predicted octanol–water partition coefficient (Wildman–Crippen LogP) is 3.72. The van der Waals surface area contributed by atoms with Gasteiger partial charge in [0, 0.05) is 17.9 Å². The van der Waals surface area contributed by atoms with Crippen LogP contribution in [0.25, 0.3) is 11.0 Å². The molecule has 2 aromatic rings.